The molecule has 110 valence electrons. The molecule has 0 aliphatic carbocycles. The number of carbonyl (C=O) groups excluding carboxylic acids is 1. The Morgan fingerprint density at radius 1 is 1.14 bits per heavy atom. The van der Waals surface area contributed by atoms with Crippen molar-refractivity contribution in [3.8, 4) is 5.75 Å². The van der Waals surface area contributed by atoms with E-state index in [9.17, 15) is 4.79 Å². The van der Waals surface area contributed by atoms with Gasteiger partial charge in [-0.05, 0) is 30.2 Å². The number of hydrogen-bond donors (Lipinski definition) is 0. The minimum atomic E-state index is -0.0902. The van der Waals surface area contributed by atoms with Crippen LogP contribution in [-0.2, 0) is 11.2 Å². The van der Waals surface area contributed by atoms with Gasteiger partial charge in [0.2, 0.25) is 0 Å². The van der Waals surface area contributed by atoms with E-state index < -0.39 is 0 Å². The molecule has 0 aromatic heterocycles. The van der Waals surface area contributed by atoms with E-state index >= 15 is 0 Å². The lowest BCUT2D eigenvalue weighted by Crippen LogP contribution is -2.11. The van der Waals surface area contributed by atoms with Gasteiger partial charge in [0.15, 0.2) is 5.78 Å². The quantitative estimate of drug-likeness (QED) is 0.577. The van der Waals surface area contributed by atoms with Crippen molar-refractivity contribution < 1.29 is 14.3 Å². The van der Waals surface area contributed by atoms with Gasteiger partial charge in [-0.25, -0.2) is 0 Å². The fourth-order valence-corrected chi connectivity index (χ4v) is 2.18. The Morgan fingerprint density at radius 2 is 1.90 bits per heavy atom. The molecule has 2 rings (SSSR count). The fraction of sp³-hybridized carbons (Fsp3) is 0.235. The molecule has 3 nitrogen and oxygen atoms in total. The monoisotopic (exact) mass is 304 g/mol. The van der Waals surface area contributed by atoms with Crippen LogP contribution in [0.5, 0.6) is 5.75 Å². The second-order valence-electron chi connectivity index (χ2n) is 4.56. The first-order chi connectivity index (χ1) is 10.2. The number of hydrogen-bond acceptors (Lipinski definition) is 3. The average molecular weight is 305 g/mol. The molecule has 0 saturated heterocycles. The lowest BCUT2D eigenvalue weighted by Gasteiger charge is -2.06. The highest BCUT2D eigenvalue weighted by Gasteiger charge is 2.09. The fourth-order valence-electron chi connectivity index (χ4n) is 1.92. The predicted molar refractivity (Wildman–Crippen MR) is 83.3 cm³/mol. The van der Waals surface area contributed by atoms with Gasteiger partial charge in [0, 0.05) is 5.56 Å². The molecule has 0 unspecified atom stereocenters. The third kappa shape index (κ3) is 4.59. The van der Waals surface area contributed by atoms with Crippen molar-refractivity contribution in [2.75, 3.05) is 20.3 Å². The summed E-state index contributed by atoms with van der Waals surface area (Å²) in [5.74, 6) is 0.464. The maximum atomic E-state index is 12.0. The number of halogens is 1. The maximum Gasteiger partial charge on any atom is 0.188 e. The van der Waals surface area contributed by atoms with Crippen molar-refractivity contribution in [3.63, 3.8) is 0 Å². The molecular weight excluding hydrogens is 288 g/mol. The molecule has 2 aromatic rings. The normalized spacial score (nSPS) is 10.4. The van der Waals surface area contributed by atoms with Gasteiger partial charge in [-0.1, -0.05) is 41.9 Å². The Balaban J connectivity index is 1.80. The molecule has 0 aliphatic rings. The first kappa shape index (κ1) is 15.5. The average Bonchev–Trinajstić information content (AvgIpc) is 2.52. The van der Waals surface area contributed by atoms with Crippen molar-refractivity contribution in [2.24, 2.45) is 0 Å². The van der Waals surface area contributed by atoms with Crippen LogP contribution in [0.2, 0.25) is 5.02 Å². The zero-order chi connectivity index (χ0) is 15.1. The van der Waals surface area contributed by atoms with Crippen LogP contribution < -0.4 is 4.74 Å². The summed E-state index contributed by atoms with van der Waals surface area (Å²) < 4.78 is 10.5. The molecule has 2 aromatic carbocycles. The second kappa shape index (κ2) is 7.81. The van der Waals surface area contributed by atoms with Gasteiger partial charge in [0.05, 0.1) is 18.7 Å². The lowest BCUT2D eigenvalue weighted by molar-refractivity contribution is 0.0765. The van der Waals surface area contributed by atoms with E-state index in [2.05, 4.69) is 0 Å². The summed E-state index contributed by atoms with van der Waals surface area (Å²) in [4.78, 5) is 12.0. The standard InChI is InChI=1S/C17H17ClO3/c1-20-17-8-7-14(11-15(17)18)16(19)12-21-10-9-13-5-3-2-4-6-13/h2-8,11H,9-10,12H2,1H3. The molecule has 0 aliphatic heterocycles. The molecular formula is C17H17ClO3. The van der Waals surface area contributed by atoms with Crippen molar-refractivity contribution >= 4 is 17.4 Å². The summed E-state index contributed by atoms with van der Waals surface area (Å²) in [5.41, 5.74) is 1.72. The Bertz CT molecular complexity index is 596. The highest BCUT2D eigenvalue weighted by Crippen LogP contribution is 2.25. The van der Waals surface area contributed by atoms with Gasteiger partial charge in [-0.3, -0.25) is 4.79 Å². The van der Waals surface area contributed by atoms with E-state index in [1.165, 1.54) is 12.7 Å². The smallest absolute Gasteiger partial charge is 0.188 e. The molecule has 0 radical (unpaired) electrons. The number of rotatable bonds is 7. The van der Waals surface area contributed by atoms with Gasteiger partial charge in [-0.15, -0.1) is 0 Å². The molecule has 0 spiro atoms. The predicted octanol–water partition coefficient (Wildman–Crippen LogP) is 3.79. The van der Waals surface area contributed by atoms with E-state index in [0.29, 0.717) is 22.9 Å². The zero-order valence-corrected chi connectivity index (χ0v) is 12.6. The number of Topliss-reactive ketones (excluding diaryl/α,β-unsaturated/α-hetero) is 1. The summed E-state index contributed by atoms with van der Waals surface area (Å²) in [5, 5.41) is 0.424. The zero-order valence-electron chi connectivity index (χ0n) is 11.8. The molecule has 0 amide bonds. The van der Waals surface area contributed by atoms with Gasteiger partial charge in [0.25, 0.3) is 0 Å². The molecule has 0 heterocycles. The second-order valence-corrected chi connectivity index (χ2v) is 4.97. The summed E-state index contributed by atoms with van der Waals surface area (Å²) >= 11 is 6.00. The SMILES string of the molecule is COc1ccc(C(=O)COCCc2ccccc2)cc1Cl. The van der Waals surface area contributed by atoms with Crippen LogP contribution in [0, 0.1) is 0 Å². The number of methoxy groups -OCH3 is 1. The molecule has 0 fully saturated rings. The molecule has 4 heteroatoms. The van der Waals surface area contributed by atoms with Crippen molar-refractivity contribution in [2.45, 2.75) is 6.42 Å². The highest BCUT2D eigenvalue weighted by atomic mass is 35.5. The van der Waals surface area contributed by atoms with Crippen LogP contribution in [0.25, 0.3) is 0 Å². The Morgan fingerprint density at radius 3 is 2.57 bits per heavy atom. The van der Waals surface area contributed by atoms with Gasteiger partial charge in [-0.2, -0.15) is 0 Å². The Kier molecular flexibility index (Phi) is 5.78. The van der Waals surface area contributed by atoms with Gasteiger partial charge >= 0.3 is 0 Å². The van der Waals surface area contributed by atoms with Crippen LogP contribution in [0.4, 0.5) is 0 Å². The minimum Gasteiger partial charge on any atom is -0.495 e. The number of benzene rings is 2. The van der Waals surface area contributed by atoms with E-state index in [-0.39, 0.29) is 12.4 Å². The number of ether oxygens (including phenoxy) is 2. The first-order valence-corrected chi connectivity index (χ1v) is 7.07. The largest absolute Gasteiger partial charge is 0.495 e. The molecule has 0 saturated carbocycles. The Hall–Kier alpha value is -1.84. The number of carbonyl (C=O) groups is 1. The summed E-state index contributed by atoms with van der Waals surface area (Å²) in [7, 11) is 1.54. The minimum absolute atomic E-state index is 0.0511. The highest BCUT2D eigenvalue weighted by molar-refractivity contribution is 6.32. The van der Waals surface area contributed by atoms with Crippen LogP contribution in [-0.4, -0.2) is 26.1 Å². The van der Waals surface area contributed by atoms with Gasteiger partial charge in [0.1, 0.15) is 12.4 Å². The summed E-state index contributed by atoms with van der Waals surface area (Å²) in [6, 6.07) is 15.0. The first-order valence-electron chi connectivity index (χ1n) is 6.69. The van der Waals surface area contributed by atoms with Crippen LogP contribution in [0.15, 0.2) is 48.5 Å². The van der Waals surface area contributed by atoms with E-state index in [4.69, 9.17) is 21.1 Å². The van der Waals surface area contributed by atoms with Crippen molar-refractivity contribution in [3.05, 3.63) is 64.7 Å². The molecule has 0 N–H and O–H groups in total. The molecule has 0 atom stereocenters. The Labute approximate surface area is 129 Å². The topological polar surface area (TPSA) is 35.5 Å². The third-order valence-corrected chi connectivity index (χ3v) is 3.38. The lowest BCUT2D eigenvalue weighted by atomic mass is 10.1. The number of ketones is 1. The van der Waals surface area contributed by atoms with Crippen LogP contribution in [0.3, 0.4) is 0 Å². The third-order valence-electron chi connectivity index (χ3n) is 3.08. The van der Waals surface area contributed by atoms with Crippen LogP contribution >= 0.6 is 11.6 Å². The van der Waals surface area contributed by atoms with Crippen molar-refractivity contribution in [1.82, 2.24) is 0 Å². The summed E-state index contributed by atoms with van der Waals surface area (Å²) in [6.07, 6.45) is 0.789. The van der Waals surface area contributed by atoms with E-state index in [0.717, 1.165) is 6.42 Å². The molecule has 0 bridgehead atoms. The van der Waals surface area contributed by atoms with Crippen LogP contribution in [0.1, 0.15) is 15.9 Å². The van der Waals surface area contributed by atoms with E-state index in [1.54, 1.807) is 18.2 Å². The molecule has 21 heavy (non-hydrogen) atoms. The maximum absolute atomic E-state index is 12.0. The van der Waals surface area contributed by atoms with Gasteiger partial charge < -0.3 is 9.47 Å². The van der Waals surface area contributed by atoms with E-state index in [1.807, 2.05) is 30.3 Å². The summed E-state index contributed by atoms with van der Waals surface area (Å²) in [6.45, 7) is 0.565. The van der Waals surface area contributed by atoms with Crippen molar-refractivity contribution in [1.29, 1.82) is 0 Å².